The second-order valence-corrected chi connectivity index (χ2v) is 4.43. The Balaban J connectivity index is 2.70. The van der Waals surface area contributed by atoms with Crippen molar-refractivity contribution in [2.24, 2.45) is 5.41 Å². The number of hydrogen-bond donors (Lipinski definition) is 1. The third-order valence-corrected chi connectivity index (χ3v) is 2.61. The van der Waals surface area contributed by atoms with E-state index in [1.54, 1.807) is 0 Å². The van der Waals surface area contributed by atoms with E-state index in [2.05, 4.69) is 42.6 Å². The topological polar surface area (TPSA) is 29.9 Å². The highest BCUT2D eigenvalue weighted by Crippen LogP contribution is 2.23. The molecule has 1 aromatic rings. The summed E-state index contributed by atoms with van der Waals surface area (Å²) in [6.45, 7) is 10.8. The van der Waals surface area contributed by atoms with Gasteiger partial charge in [0.2, 0.25) is 5.95 Å². The predicted octanol–water partition coefficient (Wildman–Crippen LogP) is 2.75. The number of rotatable bonds is 5. The molecule has 3 nitrogen and oxygen atoms in total. The van der Waals surface area contributed by atoms with Crippen LogP contribution in [-0.2, 0) is 6.54 Å². The van der Waals surface area contributed by atoms with Crippen LogP contribution in [0.4, 0.5) is 5.95 Å². The van der Waals surface area contributed by atoms with Crippen LogP contribution in [0.1, 0.15) is 34.1 Å². The van der Waals surface area contributed by atoms with E-state index in [4.69, 9.17) is 0 Å². The van der Waals surface area contributed by atoms with E-state index >= 15 is 0 Å². The summed E-state index contributed by atoms with van der Waals surface area (Å²) in [5.41, 5.74) is 0.338. The Morgan fingerprint density at radius 1 is 1.43 bits per heavy atom. The fourth-order valence-corrected chi connectivity index (χ4v) is 1.34. The highest BCUT2D eigenvalue weighted by atomic mass is 15.2. The lowest BCUT2D eigenvalue weighted by atomic mass is 9.90. The fraction of sp³-hybridized carbons (Fsp3) is 0.727. The van der Waals surface area contributed by atoms with Crippen molar-refractivity contribution in [3.05, 3.63) is 12.4 Å². The minimum atomic E-state index is 0.338. The van der Waals surface area contributed by atoms with Gasteiger partial charge in [0.05, 0.1) is 0 Å². The van der Waals surface area contributed by atoms with Crippen LogP contribution in [0.25, 0.3) is 0 Å². The number of nitrogens with zero attached hydrogens (tertiary/aromatic N) is 2. The Hall–Kier alpha value is -0.990. The molecule has 0 fully saturated rings. The van der Waals surface area contributed by atoms with Gasteiger partial charge in [-0.25, -0.2) is 4.98 Å². The molecule has 0 radical (unpaired) electrons. The highest BCUT2D eigenvalue weighted by molar-refractivity contribution is 5.25. The lowest BCUT2D eigenvalue weighted by Crippen LogP contribution is -2.19. The maximum absolute atomic E-state index is 4.28. The number of aromatic nitrogens is 2. The molecule has 1 heterocycles. The molecule has 1 N–H and O–H groups in total. The van der Waals surface area contributed by atoms with Crippen LogP contribution < -0.4 is 5.32 Å². The second-order valence-electron chi connectivity index (χ2n) is 4.43. The molecule has 0 atom stereocenters. The fourth-order valence-electron chi connectivity index (χ4n) is 1.34. The van der Waals surface area contributed by atoms with Crippen LogP contribution in [0.2, 0.25) is 0 Å². The Morgan fingerprint density at radius 3 is 2.71 bits per heavy atom. The average Bonchev–Trinajstić information content (AvgIpc) is 2.53. The van der Waals surface area contributed by atoms with Gasteiger partial charge in [-0.3, -0.25) is 0 Å². The number of anilines is 1. The monoisotopic (exact) mass is 195 g/mol. The molecule has 80 valence electrons. The summed E-state index contributed by atoms with van der Waals surface area (Å²) in [6, 6.07) is 0. The molecule has 0 saturated heterocycles. The first-order valence-corrected chi connectivity index (χ1v) is 5.34. The first kappa shape index (κ1) is 11.1. The van der Waals surface area contributed by atoms with Crippen molar-refractivity contribution in [2.45, 2.75) is 40.7 Å². The summed E-state index contributed by atoms with van der Waals surface area (Å²) >= 11 is 0. The van der Waals surface area contributed by atoms with Gasteiger partial charge in [0, 0.05) is 25.5 Å². The number of imidazole rings is 1. The lowest BCUT2D eigenvalue weighted by Gasteiger charge is -2.24. The molecule has 0 spiro atoms. The van der Waals surface area contributed by atoms with E-state index in [1.807, 2.05) is 12.4 Å². The van der Waals surface area contributed by atoms with Crippen molar-refractivity contribution < 1.29 is 0 Å². The van der Waals surface area contributed by atoms with E-state index in [1.165, 1.54) is 6.42 Å². The number of hydrogen-bond acceptors (Lipinski definition) is 2. The molecule has 0 aliphatic heterocycles. The van der Waals surface area contributed by atoms with Gasteiger partial charge in [-0.05, 0) is 18.8 Å². The smallest absolute Gasteiger partial charge is 0.202 e. The van der Waals surface area contributed by atoms with Crippen LogP contribution >= 0.6 is 0 Å². The molecular formula is C11H21N3. The summed E-state index contributed by atoms with van der Waals surface area (Å²) < 4.78 is 2.19. The third-order valence-electron chi connectivity index (χ3n) is 2.61. The summed E-state index contributed by atoms with van der Waals surface area (Å²) in [6.07, 6.45) is 5.07. The molecule has 3 heteroatoms. The van der Waals surface area contributed by atoms with Crippen LogP contribution in [0.3, 0.4) is 0 Å². The summed E-state index contributed by atoms with van der Waals surface area (Å²) in [7, 11) is 0. The molecule has 0 aliphatic rings. The van der Waals surface area contributed by atoms with Gasteiger partial charge in [0.15, 0.2) is 0 Å². The highest BCUT2D eigenvalue weighted by Gasteiger charge is 2.17. The maximum atomic E-state index is 4.28. The van der Waals surface area contributed by atoms with Crippen LogP contribution in [0, 0.1) is 5.41 Å². The van der Waals surface area contributed by atoms with E-state index in [9.17, 15) is 0 Å². The Bertz CT molecular complexity index is 276. The summed E-state index contributed by atoms with van der Waals surface area (Å²) in [4.78, 5) is 4.28. The van der Waals surface area contributed by atoms with Crippen LogP contribution in [0.5, 0.6) is 0 Å². The zero-order valence-corrected chi connectivity index (χ0v) is 9.67. The summed E-state index contributed by atoms with van der Waals surface area (Å²) in [5.74, 6) is 0.981. The molecular weight excluding hydrogens is 174 g/mol. The van der Waals surface area contributed by atoms with E-state index in [0.29, 0.717) is 5.41 Å². The largest absolute Gasteiger partial charge is 0.356 e. The van der Waals surface area contributed by atoms with Crippen molar-refractivity contribution >= 4 is 5.95 Å². The number of nitrogens with one attached hydrogen (secondary N) is 1. The molecule has 0 saturated carbocycles. The molecule has 0 unspecified atom stereocenters. The van der Waals surface area contributed by atoms with Gasteiger partial charge in [0.25, 0.3) is 0 Å². The Kier molecular flexibility index (Phi) is 3.55. The molecule has 1 rings (SSSR count). The quantitative estimate of drug-likeness (QED) is 0.783. The zero-order valence-electron chi connectivity index (χ0n) is 9.67. The van der Waals surface area contributed by atoms with Crippen molar-refractivity contribution in [1.29, 1.82) is 0 Å². The van der Waals surface area contributed by atoms with E-state index in [0.717, 1.165) is 19.0 Å². The lowest BCUT2D eigenvalue weighted by molar-refractivity contribution is 0.296. The maximum Gasteiger partial charge on any atom is 0.202 e. The van der Waals surface area contributed by atoms with Crippen molar-refractivity contribution in [3.8, 4) is 0 Å². The van der Waals surface area contributed by atoms with Gasteiger partial charge >= 0.3 is 0 Å². The molecule has 1 aromatic heterocycles. The minimum Gasteiger partial charge on any atom is -0.356 e. The third kappa shape index (κ3) is 2.76. The van der Waals surface area contributed by atoms with Gasteiger partial charge in [0.1, 0.15) is 0 Å². The van der Waals surface area contributed by atoms with Crippen molar-refractivity contribution in [2.75, 3.05) is 11.9 Å². The van der Waals surface area contributed by atoms with E-state index in [-0.39, 0.29) is 0 Å². The normalized spacial score (nSPS) is 11.7. The second kappa shape index (κ2) is 4.49. The zero-order chi connectivity index (χ0) is 10.6. The summed E-state index contributed by atoms with van der Waals surface area (Å²) in [5, 5.41) is 3.25. The first-order chi connectivity index (χ1) is 6.59. The minimum absolute atomic E-state index is 0.338. The van der Waals surface area contributed by atoms with Gasteiger partial charge in [-0.1, -0.05) is 20.8 Å². The SMILES string of the molecule is CCNc1nccn1CC(C)(C)CC. The van der Waals surface area contributed by atoms with Gasteiger partial charge in [-0.2, -0.15) is 0 Å². The average molecular weight is 195 g/mol. The van der Waals surface area contributed by atoms with Crippen LogP contribution in [-0.4, -0.2) is 16.1 Å². The van der Waals surface area contributed by atoms with Crippen molar-refractivity contribution in [3.63, 3.8) is 0 Å². The molecule has 0 amide bonds. The Morgan fingerprint density at radius 2 is 2.14 bits per heavy atom. The predicted molar refractivity (Wildman–Crippen MR) is 60.5 cm³/mol. The van der Waals surface area contributed by atoms with Gasteiger partial charge in [-0.15, -0.1) is 0 Å². The first-order valence-electron chi connectivity index (χ1n) is 5.34. The van der Waals surface area contributed by atoms with E-state index < -0.39 is 0 Å². The molecule has 0 aromatic carbocycles. The molecule has 0 aliphatic carbocycles. The molecule has 0 bridgehead atoms. The standard InChI is InChI=1S/C11H21N3/c1-5-11(3,4)9-14-8-7-13-10(14)12-6-2/h7-8H,5-6,9H2,1-4H3,(H,12,13). The van der Waals surface area contributed by atoms with Crippen LogP contribution in [0.15, 0.2) is 12.4 Å². The molecule has 14 heavy (non-hydrogen) atoms. The Labute approximate surface area is 86.5 Å². The van der Waals surface area contributed by atoms with Gasteiger partial charge < -0.3 is 9.88 Å². The van der Waals surface area contributed by atoms with Crippen molar-refractivity contribution in [1.82, 2.24) is 9.55 Å².